The molecule has 0 aliphatic heterocycles. The first-order valence-corrected chi connectivity index (χ1v) is 7.05. The van der Waals surface area contributed by atoms with Gasteiger partial charge in [0.1, 0.15) is 5.75 Å². The summed E-state index contributed by atoms with van der Waals surface area (Å²) in [6.07, 6.45) is 0.970. The number of hydrogen-bond donors (Lipinski definition) is 1. The molecule has 3 nitrogen and oxygen atoms in total. The molecule has 0 aliphatic rings. The number of aliphatic hydroxyl groups is 1. The Hall–Kier alpha value is -1.06. The molecule has 0 saturated heterocycles. The van der Waals surface area contributed by atoms with Gasteiger partial charge in [0, 0.05) is 13.1 Å². The van der Waals surface area contributed by atoms with Crippen molar-refractivity contribution >= 4 is 0 Å². The number of hydrogen-bond acceptors (Lipinski definition) is 3. The molecule has 0 amide bonds. The summed E-state index contributed by atoms with van der Waals surface area (Å²) >= 11 is 0. The summed E-state index contributed by atoms with van der Waals surface area (Å²) in [5.41, 5.74) is 0.586. The average Bonchev–Trinajstić information content (AvgIpc) is 2.31. The fraction of sp³-hybridized carbons (Fsp3) is 0.625. The van der Waals surface area contributed by atoms with Gasteiger partial charge in [0.05, 0.1) is 12.2 Å². The van der Waals surface area contributed by atoms with Crippen molar-refractivity contribution in [2.75, 3.05) is 26.2 Å². The summed E-state index contributed by atoms with van der Waals surface area (Å²) in [5, 5.41) is 9.81. The Morgan fingerprint density at radius 1 is 1.32 bits per heavy atom. The zero-order valence-electron chi connectivity index (χ0n) is 12.6. The van der Waals surface area contributed by atoms with Crippen LogP contribution in [0.2, 0.25) is 0 Å². The quantitative estimate of drug-likeness (QED) is 0.734. The van der Waals surface area contributed by atoms with Crippen LogP contribution in [0.25, 0.3) is 0 Å². The molecule has 0 bridgehead atoms. The van der Waals surface area contributed by atoms with E-state index in [0.717, 1.165) is 25.3 Å². The van der Waals surface area contributed by atoms with Crippen LogP contribution in [0.15, 0.2) is 24.3 Å². The van der Waals surface area contributed by atoms with E-state index in [1.165, 1.54) is 5.56 Å². The summed E-state index contributed by atoms with van der Waals surface area (Å²) in [6.45, 7) is 11.2. The van der Waals surface area contributed by atoms with Crippen molar-refractivity contribution in [3.63, 3.8) is 0 Å². The van der Waals surface area contributed by atoms with E-state index in [9.17, 15) is 5.11 Å². The normalized spacial score (nSPS) is 11.9. The Kier molecular flexibility index (Phi) is 6.32. The van der Waals surface area contributed by atoms with E-state index in [0.29, 0.717) is 13.2 Å². The third-order valence-electron chi connectivity index (χ3n) is 2.93. The second kappa shape index (κ2) is 7.51. The molecule has 3 heteroatoms. The standard InChI is InChI=1S/C16H27NO2/c1-5-17(13-16(3,4)18)10-7-11-19-15-9-6-8-14(2)12-15/h6,8-9,12,18H,5,7,10-11,13H2,1-4H3. The molecule has 108 valence electrons. The fourth-order valence-electron chi connectivity index (χ4n) is 2.08. The summed E-state index contributed by atoms with van der Waals surface area (Å²) in [4.78, 5) is 2.25. The fourth-order valence-corrected chi connectivity index (χ4v) is 2.08. The molecule has 1 rings (SSSR count). The molecule has 1 N–H and O–H groups in total. The Bertz CT molecular complexity index is 371. The van der Waals surface area contributed by atoms with Gasteiger partial charge in [0.25, 0.3) is 0 Å². The van der Waals surface area contributed by atoms with Crippen LogP contribution in [-0.2, 0) is 0 Å². The number of nitrogens with zero attached hydrogens (tertiary/aromatic N) is 1. The maximum Gasteiger partial charge on any atom is 0.119 e. The topological polar surface area (TPSA) is 32.7 Å². The minimum atomic E-state index is -0.632. The number of aryl methyl sites for hydroxylation is 1. The van der Waals surface area contributed by atoms with Gasteiger partial charge in [0.2, 0.25) is 0 Å². The maximum atomic E-state index is 9.81. The molecule has 0 saturated carbocycles. The number of likely N-dealkylation sites (N-methyl/N-ethyl adjacent to an activating group) is 1. The van der Waals surface area contributed by atoms with Gasteiger partial charge in [-0.2, -0.15) is 0 Å². The third-order valence-corrected chi connectivity index (χ3v) is 2.93. The van der Waals surface area contributed by atoms with Crippen LogP contribution in [0.5, 0.6) is 5.75 Å². The smallest absolute Gasteiger partial charge is 0.119 e. The van der Waals surface area contributed by atoms with E-state index in [4.69, 9.17) is 4.74 Å². The Balaban J connectivity index is 2.26. The maximum absolute atomic E-state index is 9.81. The van der Waals surface area contributed by atoms with Gasteiger partial charge < -0.3 is 14.7 Å². The predicted molar refractivity (Wildman–Crippen MR) is 79.7 cm³/mol. The lowest BCUT2D eigenvalue weighted by molar-refractivity contribution is 0.0364. The van der Waals surface area contributed by atoms with Crippen molar-refractivity contribution in [1.82, 2.24) is 4.90 Å². The molecular weight excluding hydrogens is 238 g/mol. The molecule has 0 aromatic heterocycles. The van der Waals surface area contributed by atoms with Gasteiger partial charge in [0.15, 0.2) is 0 Å². The summed E-state index contributed by atoms with van der Waals surface area (Å²) in [7, 11) is 0. The van der Waals surface area contributed by atoms with Gasteiger partial charge in [-0.1, -0.05) is 19.1 Å². The second-order valence-electron chi connectivity index (χ2n) is 5.70. The SMILES string of the molecule is CCN(CCCOc1cccc(C)c1)CC(C)(C)O. The van der Waals surface area contributed by atoms with Crippen LogP contribution >= 0.6 is 0 Å². The number of benzene rings is 1. The Morgan fingerprint density at radius 2 is 2.05 bits per heavy atom. The van der Waals surface area contributed by atoms with Crippen LogP contribution in [0.3, 0.4) is 0 Å². The zero-order chi connectivity index (χ0) is 14.3. The van der Waals surface area contributed by atoms with Gasteiger partial charge in [-0.15, -0.1) is 0 Å². The highest BCUT2D eigenvalue weighted by molar-refractivity contribution is 5.27. The van der Waals surface area contributed by atoms with Crippen LogP contribution in [0.4, 0.5) is 0 Å². The third kappa shape index (κ3) is 7.19. The molecule has 19 heavy (non-hydrogen) atoms. The van der Waals surface area contributed by atoms with E-state index in [-0.39, 0.29) is 0 Å². The van der Waals surface area contributed by atoms with E-state index >= 15 is 0 Å². The molecule has 0 aliphatic carbocycles. The van der Waals surface area contributed by atoms with E-state index in [1.54, 1.807) is 0 Å². The first kappa shape index (κ1) is 16.0. The minimum absolute atomic E-state index is 0.632. The van der Waals surface area contributed by atoms with Gasteiger partial charge in [-0.05, 0) is 51.4 Å². The lowest BCUT2D eigenvalue weighted by Gasteiger charge is -2.27. The van der Waals surface area contributed by atoms with E-state index in [1.807, 2.05) is 26.0 Å². The van der Waals surface area contributed by atoms with Crippen LogP contribution < -0.4 is 4.74 Å². The van der Waals surface area contributed by atoms with Crippen LogP contribution in [0, 0.1) is 6.92 Å². The van der Waals surface area contributed by atoms with Gasteiger partial charge in [-0.25, -0.2) is 0 Å². The molecule has 0 radical (unpaired) electrons. The van der Waals surface area contributed by atoms with Crippen molar-refractivity contribution in [3.8, 4) is 5.75 Å². The lowest BCUT2D eigenvalue weighted by Crippen LogP contribution is -2.39. The monoisotopic (exact) mass is 265 g/mol. The summed E-state index contributed by atoms with van der Waals surface area (Å²) in [5.74, 6) is 0.936. The molecule has 0 heterocycles. The molecule has 1 aromatic carbocycles. The predicted octanol–water partition coefficient (Wildman–Crippen LogP) is 2.86. The second-order valence-corrected chi connectivity index (χ2v) is 5.70. The Labute approximate surface area is 117 Å². The van der Waals surface area contributed by atoms with E-state index in [2.05, 4.69) is 30.9 Å². The zero-order valence-corrected chi connectivity index (χ0v) is 12.6. The minimum Gasteiger partial charge on any atom is -0.494 e. The summed E-state index contributed by atoms with van der Waals surface area (Å²) < 4.78 is 5.72. The largest absolute Gasteiger partial charge is 0.494 e. The van der Waals surface area contributed by atoms with Crippen LogP contribution in [0.1, 0.15) is 32.8 Å². The number of ether oxygens (including phenoxy) is 1. The number of rotatable bonds is 8. The van der Waals surface area contributed by atoms with Crippen molar-refractivity contribution in [1.29, 1.82) is 0 Å². The molecule has 1 aromatic rings. The average molecular weight is 265 g/mol. The van der Waals surface area contributed by atoms with Crippen molar-refractivity contribution in [2.24, 2.45) is 0 Å². The van der Waals surface area contributed by atoms with Crippen LogP contribution in [-0.4, -0.2) is 41.8 Å². The summed E-state index contributed by atoms with van der Waals surface area (Å²) in [6, 6.07) is 8.11. The van der Waals surface area contributed by atoms with Crippen molar-refractivity contribution < 1.29 is 9.84 Å². The van der Waals surface area contributed by atoms with Crippen molar-refractivity contribution in [2.45, 2.75) is 39.7 Å². The highest BCUT2D eigenvalue weighted by Crippen LogP contribution is 2.12. The lowest BCUT2D eigenvalue weighted by atomic mass is 10.1. The molecule has 0 fully saturated rings. The molecule has 0 spiro atoms. The molecular formula is C16H27NO2. The first-order valence-electron chi connectivity index (χ1n) is 7.05. The van der Waals surface area contributed by atoms with Gasteiger partial charge >= 0.3 is 0 Å². The van der Waals surface area contributed by atoms with Crippen molar-refractivity contribution in [3.05, 3.63) is 29.8 Å². The molecule has 0 unspecified atom stereocenters. The highest BCUT2D eigenvalue weighted by atomic mass is 16.5. The van der Waals surface area contributed by atoms with Gasteiger partial charge in [-0.3, -0.25) is 0 Å². The first-order chi connectivity index (χ1) is 8.90. The highest BCUT2D eigenvalue weighted by Gasteiger charge is 2.16. The Morgan fingerprint density at radius 3 is 2.63 bits per heavy atom. The molecule has 0 atom stereocenters. The van der Waals surface area contributed by atoms with E-state index < -0.39 is 5.60 Å².